The SMILES string of the molecule is Cc1cc(C(=O)CSc2nc(N)cc(N)n2)c(C)n1CCc1cccs1. The maximum atomic E-state index is 12.7. The van der Waals surface area contributed by atoms with Crippen LogP contribution < -0.4 is 11.5 Å². The van der Waals surface area contributed by atoms with E-state index in [1.54, 1.807) is 11.3 Å². The number of thiophene rings is 1. The van der Waals surface area contributed by atoms with E-state index in [1.165, 1.54) is 22.7 Å². The van der Waals surface area contributed by atoms with Gasteiger partial charge in [0, 0.05) is 34.4 Å². The average Bonchev–Trinajstić information content (AvgIpc) is 3.19. The van der Waals surface area contributed by atoms with Crippen molar-refractivity contribution < 1.29 is 4.79 Å². The van der Waals surface area contributed by atoms with Crippen LogP contribution in [0.4, 0.5) is 11.6 Å². The lowest BCUT2D eigenvalue weighted by Crippen LogP contribution is -2.08. The van der Waals surface area contributed by atoms with Crippen molar-refractivity contribution in [3.8, 4) is 0 Å². The number of nitrogens with zero attached hydrogens (tertiary/aromatic N) is 3. The number of hydrogen-bond acceptors (Lipinski definition) is 7. The molecule has 0 aliphatic carbocycles. The van der Waals surface area contributed by atoms with Crippen LogP contribution in [0.25, 0.3) is 0 Å². The molecule has 0 saturated carbocycles. The number of rotatable bonds is 7. The van der Waals surface area contributed by atoms with Crippen molar-refractivity contribution in [2.75, 3.05) is 17.2 Å². The number of anilines is 2. The normalized spacial score (nSPS) is 11.0. The van der Waals surface area contributed by atoms with Gasteiger partial charge in [-0.25, -0.2) is 9.97 Å². The minimum absolute atomic E-state index is 0.0510. The van der Waals surface area contributed by atoms with Gasteiger partial charge in [-0.15, -0.1) is 11.3 Å². The van der Waals surface area contributed by atoms with Crippen molar-refractivity contribution in [3.05, 3.63) is 51.5 Å². The summed E-state index contributed by atoms with van der Waals surface area (Å²) >= 11 is 3.00. The maximum absolute atomic E-state index is 12.7. The second-order valence-electron chi connectivity index (χ2n) is 5.98. The molecular formula is C18H21N5OS2. The summed E-state index contributed by atoms with van der Waals surface area (Å²) < 4.78 is 2.20. The van der Waals surface area contributed by atoms with Gasteiger partial charge in [0.1, 0.15) is 11.6 Å². The lowest BCUT2D eigenvalue weighted by molar-refractivity contribution is 0.102. The number of Topliss-reactive ketones (excluding diaryl/α,β-unsaturated/α-hetero) is 1. The molecule has 0 spiro atoms. The Morgan fingerprint density at radius 1 is 1.23 bits per heavy atom. The number of aryl methyl sites for hydroxylation is 2. The van der Waals surface area contributed by atoms with Crippen LogP contribution in [0.1, 0.15) is 26.6 Å². The number of nitrogens with two attached hydrogens (primary N) is 2. The van der Waals surface area contributed by atoms with Crippen LogP contribution in [0.3, 0.4) is 0 Å². The Morgan fingerprint density at radius 3 is 2.62 bits per heavy atom. The third kappa shape index (κ3) is 4.25. The molecule has 3 aromatic heterocycles. The highest BCUT2D eigenvalue weighted by molar-refractivity contribution is 7.99. The van der Waals surface area contributed by atoms with Crippen molar-refractivity contribution >= 4 is 40.5 Å². The van der Waals surface area contributed by atoms with Crippen LogP contribution in [0.5, 0.6) is 0 Å². The molecule has 0 aromatic carbocycles. The van der Waals surface area contributed by atoms with Gasteiger partial charge in [-0.05, 0) is 37.8 Å². The van der Waals surface area contributed by atoms with E-state index in [0.29, 0.717) is 16.8 Å². The molecule has 0 fully saturated rings. The van der Waals surface area contributed by atoms with E-state index in [0.717, 1.165) is 29.9 Å². The number of nitrogen functional groups attached to an aromatic ring is 2. The zero-order valence-corrected chi connectivity index (χ0v) is 16.4. The van der Waals surface area contributed by atoms with Gasteiger partial charge < -0.3 is 16.0 Å². The molecule has 3 heterocycles. The summed E-state index contributed by atoms with van der Waals surface area (Å²) in [6.45, 7) is 4.90. The van der Waals surface area contributed by atoms with Gasteiger partial charge >= 0.3 is 0 Å². The van der Waals surface area contributed by atoms with Crippen LogP contribution in [-0.4, -0.2) is 26.1 Å². The molecule has 0 radical (unpaired) electrons. The van der Waals surface area contributed by atoms with E-state index < -0.39 is 0 Å². The first-order chi connectivity index (χ1) is 12.4. The maximum Gasteiger partial charge on any atom is 0.191 e. The van der Waals surface area contributed by atoms with Crippen molar-refractivity contribution in [1.82, 2.24) is 14.5 Å². The lowest BCUT2D eigenvalue weighted by Gasteiger charge is -2.09. The largest absolute Gasteiger partial charge is 0.383 e. The van der Waals surface area contributed by atoms with Crippen LogP contribution in [-0.2, 0) is 13.0 Å². The third-order valence-corrected chi connectivity index (χ3v) is 5.90. The predicted molar refractivity (Wildman–Crippen MR) is 108 cm³/mol. The molecule has 0 atom stereocenters. The Bertz CT molecular complexity index is 898. The zero-order chi connectivity index (χ0) is 18.7. The highest BCUT2D eigenvalue weighted by atomic mass is 32.2. The summed E-state index contributed by atoms with van der Waals surface area (Å²) in [7, 11) is 0. The standard InChI is InChI=1S/C18H21N5OS2/c1-11-8-14(12(2)23(11)6-5-13-4-3-7-25-13)15(24)10-26-18-21-16(19)9-17(20)22-18/h3-4,7-9H,5-6,10H2,1-2H3,(H4,19,20,21,22). The summed E-state index contributed by atoms with van der Waals surface area (Å²) in [4.78, 5) is 22.2. The van der Waals surface area contributed by atoms with Gasteiger partial charge in [-0.1, -0.05) is 17.8 Å². The number of aromatic nitrogens is 3. The van der Waals surface area contributed by atoms with E-state index in [9.17, 15) is 4.79 Å². The highest BCUT2D eigenvalue weighted by Crippen LogP contribution is 2.22. The van der Waals surface area contributed by atoms with Gasteiger partial charge in [-0.2, -0.15) is 0 Å². The van der Waals surface area contributed by atoms with E-state index in [4.69, 9.17) is 11.5 Å². The first-order valence-electron chi connectivity index (χ1n) is 8.19. The summed E-state index contributed by atoms with van der Waals surface area (Å²) in [5.74, 6) is 0.909. The third-order valence-electron chi connectivity index (χ3n) is 4.11. The number of carbonyl (C=O) groups is 1. The second kappa shape index (κ2) is 7.92. The smallest absolute Gasteiger partial charge is 0.191 e. The van der Waals surface area contributed by atoms with E-state index in [1.807, 2.05) is 19.9 Å². The summed E-state index contributed by atoms with van der Waals surface area (Å²) in [6, 6.07) is 7.65. The quantitative estimate of drug-likeness (QED) is 0.366. The van der Waals surface area contributed by atoms with Crippen LogP contribution in [0.15, 0.2) is 34.8 Å². The summed E-state index contributed by atoms with van der Waals surface area (Å²) in [6.07, 6.45) is 0.965. The monoisotopic (exact) mass is 387 g/mol. The minimum atomic E-state index is 0.0510. The molecule has 0 amide bonds. The Hall–Kier alpha value is -2.32. The average molecular weight is 388 g/mol. The molecule has 3 rings (SSSR count). The van der Waals surface area contributed by atoms with E-state index in [2.05, 4.69) is 32.0 Å². The molecule has 0 aliphatic heterocycles. The van der Waals surface area contributed by atoms with Gasteiger partial charge in [0.25, 0.3) is 0 Å². The van der Waals surface area contributed by atoms with E-state index in [-0.39, 0.29) is 11.5 Å². The Morgan fingerprint density at radius 2 is 1.96 bits per heavy atom. The summed E-state index contributed by atoms with van der Waals surface area (Å²) in [5, 5.41) is 2.50. The fourth-order valence-corrected chi connectivity index (χ4v) is 4.29. The van der Waals surface area contributed by atoms with Crippen molar-refractivity contribution in [2.24, 2.45) is 0 Å². The van der Waals surface area contributed by atoms with E-state index >= 15 is 0 Å². The van der Waals surface area contributed by atoms with Gasteiger partial charge in [0.15, 0.2) is 10.9 Å². The fourth-order valence-electron chi connectivity index (χ4n) is 2.84. The predicted octanol–water partition coefficient (Wildman–Crippen LogP) is 3.34. The van der Waals surface area contributed by atoms with Crippen LogP contribution in [0, 0.1) is 13.8 Å². The molecule has 0 bridgehead atoms. The lowest BCUT2D eigenvalue weighted by atomic mass is 10.2. The highest BCUT2D eigenvalue weighted by Gasteiger charge is 2.16. The van der Waals surface area contributed by atoms with Crippen molar-refractivity contribution in [2.45, 2.75) is 32.0 Å². The van der Waals surface area contributed by atoms with Crippen LogP contribution in [0.2, 0.25) is 0 Å². The number of carbonyl (C=O) groups excluding carboxylic acids is 1. The Labute approximate surface area is 160 Å². The minimum Gasteiger partial charge on any atom is -0.383 e. The number of ketones is 1. The molecule has 6 nitrogen and oxygen atoms in total. The Kier molecular flexibility index (Phi) is 5.63. The molecule has 4 N–H and O–H groups in total. The Balaban J connectivity index is 1.68. The second-order valence-corrected chi connectivity index (χ2v) is 7.95. The first kappa shape index (κ1) is 18.5. The molecule has 0 aliphatic rings. The molecule has 0 saturated heterocycles. The molecule has 0 unspecified atom stereocenters. The van der Waals surface area contributed by atoms with Gasteiger partial charge in [0.2, 0.25) is 0 Å². The molecule has 8 heteroatoms. The summed E-state index contributed by atoms with van der Waals surface area (Å²) in [5.41, 5.74) is 14.2. The molecule has 3 aromatic rings. The van der Waals surface area contributed by atoms with Crippen molar-refractivity contribution in [1.29, 1.82) is 0 Å². The topological polar surface area (TPSA) is 99.8 Å². The molecule has 136 valence electrons. The number of thioether (sulfide) groups is 1. The molecule has 26 heavy (non-hydrogen) atoms. The molecular weight excluding hydrogens is 366 g/mol. The van der Waals surface area contributed by atoms with Gasteiger partial charge in [0.05, 0.1) is 5.75 Å². The van der Waals surface area contributed by atoms with Gasteiger partial charge in [-0.3, -0.25) is 4.79 Å². The fraction of sp³-hybridized carbons (Fsp3) is 0.278. The van der Waals surface area contributed by atoms with Crippen molar-refractivity contribution in [3.63, 3.8) is 0 Å². The zero-order valence-electron chi connectivity index (χ0n) is 14.7. The van der Waals surface area contributed by atoms with Crippen LogP contribution >= 0.6 is 23.1 Å². The number of hydrogen-bond donors (Lipinski definition) is 2. The first-order valence-corrected chi connectivity index (χ1v) is 10.1.